The molecular weight excluding hydrogens is 406 g/mol. The van der Waals surface area contributed by atoms with Crippen molar-refractivity contribution < 1.29 is 14.6 Å². The van der Waals surface area contributed by atoms with Gasteiger partial charge in [-0.3, -0.25) is 14.7 Å². The Morgan fingerprint density at radius 1 is 1.16 bits per heavy atom. The number of likely N-dealkylation sites (tertiary alicyclic amines) is 1. The van der Waals surface area contributed by atoms with Crippen molar-refractivity contribution in [3.05, 3.63) is 58.4 Å². The Morgan fingerprint density at radius 3 is 2.66 bits per heavy atom. The van der Waals surface area contributed by atoms with Gasteiger partial charge in [-0.2, -0.15) is 0 Å². The van der Waals surface area contributed by atoms with Gasteiger partial charge in [0, 0.05) is 29.1 Å². The van der Waals surface area contributed by atoms with Crippen LogP contribution in [0.3, 0.4) is 0 Å². The number of hydrogen-bond acceptors (Lipinski definition) is 6. The average Bonchev–Trinajstić information content (AvgIpc) is 3.29. The Balaban J connectivity index is 1.84. The normalized spacial score (nSPS) is 16.8. The van der Waals surface area contributed by atoms with E-state index in [1.54, 1.807) is 37.6 Å². The highest BCUT2D eigenvalue weighted by molar-refractivity contribution is 6.01. The molecule has 1 aliphatic rings. The van der Waals surface area contributed by atoms with Crippen molar-refractivity contribution >= 4 is 17.0 Å². The molecule has 0 saturated carbocycles. The molecule has 2 heterocycles. The number of rotatable bonds is 7. The second-order valence-corrected chi connectivity index (χ2v) is 7.88. The van der Waals surface area contributed by atoms with Crippen LogP contribution in [0.25, 0.3) is 16.5 Å². The Kier molecular flexibility index (Phi) is 6.46. The van der Waals surface area contributed by atoms with E-state index >= 15 is 0 Å². The van der Waals surface area contributed by atoms with Crippen molar-refractivity contribution in [3.63, 3.8) is 0 Å². The molecule has 1 aliphatic heterocycles. The molecule has 3 aromatic rings. The van der Waals surface area contributed by atoms with E-state index in [4.69, 9.17) is 9.47 Å². The van der Waals surface area contributed by atoms with Crippen LogP contribution < -0.4 is 15.0 Å². The molecule has 1 N–H and O–H groups in total. The van der Waals surface area contributed by atoms with Crippen molar-refractivity contribution in [3.8, 4) is 23.1 Å². The number of nitrogens with zero attached hydrogens (tertiary/aromatic N) is 3. The molecule has 7 heteroatoms. The van der Waals surface area contributed by atoms with Gasteiger partial charge in [-0.05, 0) is 44.1 Å². The van der Waals surface area contributed by atoms with E-state index in [1.165, 1.54) is 18.1 Å². The average molecular weight is 436 g/mol. The first-order chi connectivity index (χ1) is 15.6. The van der Waals surface area contributed by atoms with Gasteiger partial charge in [-0.1, -0.05) is 25.1 Å². The maximum Gasteiger partial charge on any atom is 0.265 e. The number of benzene rings is 2. The number of aliphatic imine (C=N–C) groups is 1. The standard InChI is InChI=1S/C25H29N3O4/c1-4-27-13-7-8-17(27)15-26-16-21-19-9-5-6-10-20(19)24(29)28(25(21)30)22-12-11-18(31-2)14-23(22)32-3/h5-6,9-12,14,16-17,30H,4,7-8,13,15H2,1-3H3/t17-/m0/s1. The summed E-state index contributed by atoms with van der Waals surface area (Å²) in [6, 6.07) is 12.8. The lowest BCUT2D eigenvalue weighted by Crippen LogP contribution is -2.31. The largest absolute Gasteiger partial charge is 0.497 e. The van der Waals surface area contributed by atoms with Crippen LogP contribution in [0.2, 0.25) is 0 Å². The fraction of sp³-hybridized carbons (Fsp3) is 0.360. The Hall–Kier alpha value is -3.32. The van der Waals surface area contributed by atoms with Crippen LogP contribution in [-0.4, -0.2) is 60.7 Å². The summed E-state index contributed by atoms with van der Waals surface area (Å²) >= 11 is 0. The van der Waals surface area contributed by atoms with Gasteiger partial charge in [-0.25, -0.2) is 4.57 Å². The van der Waals surface area contributed by atoms with E-state index in [2.05, 4.69) is 16.8 Å². The van der Waals surface area contributed by atoms with E-state index in [0.29, 0.717) is 46.1 Å². The van der Waals surface area contributed by atoms with Crippen molar-refractivity contribution in [2.45, 2.75) is 25.8 Å². The molecule has 1 fully saturated rings. The number of likely N-dealkylation sites (N-methyl/N-ethyl adjacent to an activating group) is 1. The van der Waals surface area contributed by atoms with E-state index in [9.17, 15) is 9.90 Å². The number of aromatic nitrogens is 1. The second kappa shape index (κ2) is 9.44. The van der Waals surface area contributed by atoms with Crippen LogP contribution in [0.15, 0.2) is 52.3 Å². The van der Waals surface area contributed by atoms with Crippen LogP contribution in [0.4, 0.5) is 0 Å². The maximum absolute atomic E-state index is 13.4. The number of pyridine rings is 1. The molecule has 0 unspecified atom stereocenters. The summed E-state index contributed by atoms with van der Waals surface area (Å²) in [7, 11) is 3.08. The third-order valence-electron chi connectivity index (χ3n) is 6.17. The summed E-state index contributed by atoms with van der Waals surface area (Å²) in [4.78, 5) is 20.5. The smallest absolute Gasteiger partial charge is 0.265 e. The Bertz CT molecular complexity index is 1200. The predicted octanol–water partition coefficient (Wildman–Crippen LogP) is 3.62. The number of aromatic hydroxyl groups is 1. The highest BCUT2D eigenvalue weighted by atomic mass is 16.5. The SMILES string of the molecule is CCN1CCC[C@H]1CN=Cc1c(O)n(-c2ccc(OC)cc2OC)c(=O)c2ccccc12. The first kappa shape index (κ1) is 21.9. The molecule has 0 radical (unpaired) electrons. The van der Waals surface area contributed by atoms with Gasteiger partial charge in [-0.15, -0.1) is 0 Å². The number of hydrogen-bond donors (Lipinski definition) is 1. The molecule has 1 aromatic heterocycles. The van der Waals surface area contributed by atoms with Crippen molar-refractivity contribution in [1.29, 1.82) is 0 Å². The zero-order valence-electron chi connectivity index (χ0n) is 18.7. The molecule has 0 bridgehead atoms. The lowest BCUT2D eigenvalue weighted by molar-refractivity contribution is 0.273. The molecule has 7 nitrogen and oxygen atoms in total. The van der Waals surface area contributed by atoms with Gasteiger partial charge < -0.3 is 14.6 Å². The van der Waals surface area contributed by atoms with E-state index in [-0.39, 0.29) is 11.4 Å². The molecule has 2 aromatic carbocycles. The van der Waals surface area contributed by atoms with Crippen molar-refractivity contribution in [2.75, 3.05) is 33.9 Å². The summed E-state index contributed by atoms with van der Waals surface area (Å²) < 4.78 is 12.0. The van der Waals surface area contributed by atoms with Gasteiger partial charge in [0.15, 0.2) is 0 Å². The fourth-order valence-electron chi connectivity index (χ4n) is 4.47. The lowest BCUT2D eigenvalue weighted by Gasteiger charge is -2.20. The Labute approximate surface area is 187 Å². The van der Waals surface area contributed by atoms with E-state index in [0.717, 1.165) is 19.5 Å². The molecule has 32 heavy (non-hydrogen) atoms. The van der Waals surface area contributed by atoms with E-state index in [1.807, 2.05) is 18.2 Å². The quantitative estimate of drug-likeness (QED) is 0.574. The van der Waals surface area contributed by atoms with Crippen LogP contribution in [0, 0.1) is 0 Å². The van der Waals surface area contributed by atoms with Crippen LogP contribution in [-0.2, 0) is 0 Å². The van der Waals surface area contributed by atoms with Crippen LogP contribution in [0.1, 0.15) is 25.3 Å². The minimum atomic E-state index is -0.327. The van der Waals surface area contributed by atoms with Crippen molar-refractivity contribution in [2.24, 2.45) is 4.99 Å². The lowest BCUT2D eigenvalue weighted by atomic mass is 10.1. The monoisotopic (exact) mass is 435 g/mol. The highest BCUT2D eigenvalue weighted by Crippen LogP contribution is 2.32. The molecular formula is C25H29N3O4. The molecule has 1 atom stereocenters. The first-order valence-corrected chi connectivity index (χ1v) is 10.9. The zero-order valence-corrected chi connectivity index (χ0v) is 18.7. The molecule has 168 valence electrons. The van der Waals surface area contributed by atoms with Gasteiger partial charge in [0.05, 0.1) is 32.0 Å². The van der Waals surface area contributed by atoms with Gasteiger partial charge in [0.1, 0.15) is 11.5 Å². The summed E-state index contributed by atoms with van der Waals surface area (Å²) in [5, 5.41) is 12.4. The molecule has 0 spiro atoms. The summed E-state index contributed by atoms with van der Waals surface area (Å²) in [5.74, 6) is 0.849. The number of fused-ring (bicyclic) bond motifs is 1. The molecule has 1 saturated heterocycles. The first-order valence-electron chi connectivity index (χ1n) is 10.9. The highest BCUT2D eigenvalue weighted by Gasteiger charge is 2.23. The summed E-state index contributed by atoms with van der Waals surface area (Å²) in [6.07, 6.45) is 4.00. The minimum Gasteiger partial charge on any atom is -0.497 e. The van der Waals surface area contributed by atoms with Crippen molar-refractivity contribution in [1.82, 2.24) is 9.47 Å². The van der Waals surface area contributed by atoms with Crippen LogP contribution >= 0.6 is 0 Å². The van der Waals surface area contributed by atoms with Gasteiger partial charge >= 0.3 is 0 Å². The third kappa shape index (κ3) is 3.96. The minimum absolute atomic E-state index is 0.167. The molecule has 4 rings (SSSR count). The third-order valence-corrected chi connectivity index (χ3v) is 6.17. The number of methoxy groups -OCH3 is 2. The maximum atomic E-state index is 13.4. The van der Waals surface area contributed by atoms with Gasteiger partial charge in [0.25, 0.3) is 5.56 Å². The number of ether oxygens (including phenoxy) is 2. The molecule has 0 amide bonds. The van der Waals surface area contributed by atoms with Crippen LogP contribution in [0.5, 0.6) is 17.4 Å². The second-order valence-electron chi connectivity index (χ2n) is 7.88. The van der Waals surface area contributed by atoms with Gasteiger partial charge in [0.2, 0.25) is 5.88 Å². The zero-order chi connectivity index (χ0) is 22.7. The summed E-state index contributed by atoms with van der Waals surface area (Å²) in [6.45, 7) is 4.94. The molecule has 0 aliphatic carbocycles. The fourth-order valence-corrected chi connectivity index (χ4v) is 4.47. The topological polar surface area (TPSA) is 76.3 Å². The van der Waals surface area contributed by atoms with E-state index < -0.39 is 0 Å². The predicted molar refractivity (Wildman–Crippen MR) is 127 cm³/mol. The summed E-state index contributed by atoms with van der Waals surface area (Å²) in [5.41, 5.74) is 0.620. The Morgan fingerprint density at radius 2 is 1.94 bits per heavy atom.